The molecule has 0 radical (unpaired) electrons. The van der Waals surface area contributed by atoms with E-state index >= 15 is 0 Å². The first-order valence-corrected chi connectivity index (χ1v) is 11.7. The van der Waals surface area contributed by atoms with Crippen LogP contribution in [0, 0.1) is 11.3 Å². The molecule has 1 aromatic carbocycles. The number of nitrogens with one attached hydrogen (secondary N) is 1. The number of ketones is 1. The highest BCUT2D eigenvalue weighted by Gasteiger charge is 2.31. The number of hydrogen-bond donors (Lipinski definition) is 1. The van der Waals surface area contributed by atoms with Gasteiger partial charge < -0.3 is 19.7 Å². The predicted octanol–water partition coefficient (Wildman–Crippen LogP) is 3.75. The van der Waals surface area contributed by atoms with Gasteiger partial charge in [-0.3, -0.25) is 4.79 Å². The van der Waals surface area contributed by atoms with E-state index in [4.69, 9.17) is 4.98 Å². The topological polar surface area (TPSA) is 77.2 Å². The molecule has 33 heavy (non-hydrogen) atoms. The van der Waals surface area contributed by atoms with E-state index in [1.165, 1.54) is 0 Å². The van der Waals surface area contributed by atoms with Gasteiger partial charge in [0.2, 0.25) is 0 Å². The summed E-state index contributed by atoms with van der Waals surface area (Å²) in [6, 6.07) is 15.6. The molecule has 0 amide bonds. The van der Waals surface area contributed by atoms with Gasteiger partial charge in [-0.1, -0.05) is 0 Å². The molecule has 0 spiro atoms. The number of piperazine rings is 1. The van der Waals surface area contributed by atoms with Crippen molar-refractivity contribution in [2.75, 3.05) is 36.5 Å². The van der Waals surface area contributed by atoms with Crippen LogP contribution < -0.4 is 15.1 Å². The zero-order chi connectivity index (χ0) is 23.1. The molecule has 7 heteroatoms. The highest BCUT2D eigenvalue weighted by Crippen LogP contribution is 2.36. The maximum atomic E-state index is 11.6. The van der Waals surface area contributed by atoms with Crippen molar-refractivity contribution in [1.29, 1.82) is 5.26 Å². The number of aromatic nitrogens is 2. The first kappa shape index (κ1) is 21.5. The normalized spacial score (nSPS) is 22.8. The average molecular weight is 443 g/mol. The van der Waals surface area contributed by atoms with Gasteiger partial charge in [0, 0.05) is 60.6 Å². The van der Waals surface area contributed by atoms with E-state index in [0.29, 0.717) is 23.7 Å². The fourth-order valence-corrected chi connectivity index (χ4v) is 5.15. The number of rotatable bonds is 5. The number of nitrogens with zero attached hydrogens (tertiary/aromatic N) is 5. The summed E-state index contributed by atoms with van der Waals surface area (Å²) in [5.74, 6) is 1.06. The summed E-state index contributed by atoms with van der Waals surface area (Å²) in [5, 5.41) is 13.9. The number of anilines is 2. The summed E-state index contributed by atoms with van der Waals surface area (Å²) < 4.78 is 2.21. The van der Waals surface area contributed by atoms with Crippen molar-refractivity contribution in [3.05, 3.63) is 53.7 Å². The number of benzene rings is 1. The Morgan fingerprint density at radius 3 is 2.55 bits per heavy atom. The molecule has 2 fully saturated rings. The van der Waals surface area contributed by atoms with Gasteiger partial charge >= 0.3 is 0 Å². The number of Topliss-reactive ketones (excluding diaryl/α,β-unsaturated/α-hetero) is 1. The zero-order valence-corrected chi connectivity index (χ0v) is 19.5. The van der Waals surface area contributed by atoms with Crippen molar-refractivity contribution in [2.24, 2.45) is 0 Å². The number of pyridine rings is 1. The largest absolute Gasteiger partial charge is 0.365 e. The van der Waals surface area contributed by atoms with E-state index in [-0.39, 0.29) is 5.78 Å². The van der Waals surface area contributed by atoms with E-state index in [1.807, 2.05) is 37.5 Å². The Bertz CT molecular complexity index is 1220. The van der Waals surface area contributed by atoms with E-state index in [1.54, 1.807) is 6.92 Å². The minimum atomic E-state index is 0.0913. The van der Waals surface area contributed by atoms with Crippen LogP contribution in [0.3, 0.4) is 0 Å². The fourth-order valence-electron chi connectivity index (χ4n) is 5.15. The molecule has 1 saturated carbocycles. The lowest BCUT2D eigenvalue weighted by Gasteiger charge is -2.42. The Balaban J connectivity index is 1.36. The van der Waals surface area contributed by atoms with Gasteiger partial charge in [-0.15, -0.1) is 0 Å². The van der Waals surface area contributed by atoms with Crippen molar-refractivity contribution >= 4 is 28.3 Å². The Morgan fingerprint density at radius 2 is 1.91 bits per heavy atom. The summed E-state index contributed by atoms with van der Waals surface area (Å²) in [6.45, 7) is 6.45. The van der Waals surface area contributed by atoms with Crippen LogP contribution in [0.15, 0.2) is 42.6 Å². The van der Waals surface area contributed by atoms with E-state index in [2.05, 4.69) is 44.8 Å². The second-order valence-electron chi connectivity index (χ2n) is 9.30. The van der Waals surface area contributed by atoms with Crippen molar-refractivity contribution in [3.63, 3.8) is 0 Å². The number of carbonyl (C=O) groups is 1. The number of fused-ring (bicyclic) bond motifs is 1. The monoisotopic (exact) mass is 442 g/mol. The fraction of sp³-hybridized carbons (Fsp3) is 0.423. The minimum absolute atomic E-state index is 0.0913. The van der Waals surface area contributed by atoms with Gasteiger partial charge in [-0.25, -0.2) is 4.98 Å². The molecule has 1 saturated heterocycles. The Labute approximate surface area is 194 Å². The Morgan fingerprint density at radius 1 is 1.15 bits per heavy atom. The third-order valence-corrected chi connectivity index (χ3v) is 7.26. The number of hydrogen-bond acceptors (Lipinski definition) is 6. The lowest BCUT2D eigenvalue weighted by Crippen LogP contribution is -2.52. The Hall–Kier alpha value is -3.37. The maximum Gasteiger partial charge on any atom is 0.159 e. The molecule has 170 valence electrons. The van der Waals surface area contributed by atoms with Crippen LogP contribution in [0.1, 0.15) is 48.7 Å². The van der Waals surface area contributed by atoms with Gasteiger partial charge in [0.25, 0.3) is 0 Å². The second-order valence-corrected chi connectivity index (χ2v) is 9.30. The molecule has 0 unspecified atom stereocenters. The molecule has 5 rings (SSSR count). The molecule has 1 atom stereocenters. The molecule has 1 N–H and O–H groups in total. The minimum Gasteiger partial charge on any atom is -0.365 e. The van der Waals surface area contributed by atoms with Crippen LogP contribution in [-0.2, 0) is 0 Å². The second kappa shape index (κ2) is 8.53. The molecule has 2 aliphatic rings. The summed E-state index contributed by atoms with van der Waals surface area (Å²) >= 11 is 0. The highest BCUT2D eigenvalue weighted by molar-refractivity contribution is 5.94. The van der Waals surface area contributed by atoms with Crippen molar-refractivity contribution in [1.82, 2.24) is 14.9 Å². The maximum absolute atomic E-state index is 11.6. The van der Waals surface area contributed by atoms with E-state index < -0.39 is 0 Å². The first-order chi connectivity index (χ1) is 16.0. The first-order valence-electron chi connectivity index (χ1n) is 11.7. The standard InChI is InChI=1S/C26H30N6O/c1-17-15-30(10-11-31(17)22-6-4-19(5-7-22)18(2)33)25-9-8-24-20(14-27)16-32(26(24)29-25)23-12-21(13-23)28-3/h4-9,16-17,21,23,28H,10-13,15H2,1-3H3/t17-,21-,23-/m1/s1. The molecule has 3 aromatic rings. The van der Waals surface area contributed by atoms with Crippen LogP contribution in [0.4, 0.5) is 11.5 Å². The van der Waals surface area contributed by atoms with Crippen LogP contribution in [0.5, 0.6) is 0 Å². The summed E-state index contributed by atoms with van der Waals surface area (Å²) in [4.78, 5) is 21.4. The quantitative estimate of drug-likeness (QED) is 0.607. The molecule has 7 nitrogen and oxygen atoms in total. The zero-order valence-electron chi connectivity index (χ0n) is 19.5. The van der Waals surface area contributed by atoms with Gasteiger partial charge in [0.1, 0.15) is 17.5 Å². The molecule has 1 aliphatic carbocycles. The third-order valence-electron chi connectivity index (χ3n) is 7.26. The molecular formula is C26H30N6O. The summed E-state index contributed by atoms with van der Waals surface area (Å²) in [7, 11) is 2.00. The average Bonchev–Trinajstić information content (AvgIpc) is 3.16. The summed E-state index contributed by atoms with van der Waals surface area (Å²) in [5.41, 5.74) is 3.50. The molecule has 1 aliphatic heterocycles. The Kier molecular flexibility index (Phi) is 5.55. The summed E-state index contributed by atoms with van der Waals surface area (Å²) in [6.07, 6.45) is 4.10. The van der Waals surface area contributed by atoms with Crippen molar-refractivity contribution in [3.8, 4) is 6.07 Å². The van der Waals surface area contributed by atoms with Crippen LogP contribution >= 0.6 is 0 Å². The van der Waals surface area contributed by atoms with Crippen LogP contribution in [0.25, 0.3) is 11.0 Å². The molecular weight excluding hydrogens is 412 g/mol. The van der Waals surface area contributed by atoms with Crippen LogP contribution in [-0.4, -0.2) is 54.1 Å². The van der Waals surface area contributed by atoms with E-state index in [0.717, 1.165) is 60.6 Å². The van der Waals surface area contributed by atoms with Gasteiger partial charge in [-0.05, 0) is 70.1 Å². The molecule has 0 bridgehead atoms. The smallest absolute Gasteiger partial charge is 0.159 e. The van der Waals surface area contributed by atoms with Gasteiger partial charge in [-0.2, -0.15) is 5.26 Å². The SMILES string of the molecule is CN[C@H]1C[C@H](n2cc(C#N)c3ccc(N4CCN(c5ccc(C(C)=O)cc5)[C@H](C)C4)nc32)C1. The van der Waals surface area contributed by atoms with Crippen LogP contribution in [0.2, 0.25) is 0 Å². The van der Waals surface area contributed by atoms with E-state index in [9.17, 15) is 10.1 Å². The predicted molar refractivity (Wildman–Crippen MR) is 131 cm³/mol. The number of nitriles is 1. The molecule has 2 aromatic heterocycles. The lowest BCUT2D eigenvalue weighted by molar-refractivity contribution is 0.101. The van der Waals surface area contributed by atoms with Crippen molar-refractivity contribution < 1.29 is 4.79 Å². The highest BCUT2D eigenvalue weighted by atomic mass is 16.1. The molecule has 3 heterocycles. The third kappa shape index (κ3) is 3.85. The van der Waals surface area contributed by atoms with Crippen molar-refractivity contribution in [2.45, 2.75) is 44.8 Å². The van der Waals surface area contributed by atoms with Gasteiger partial charge in [0.15, 0.2) is 5.78 Å². The lowest BCUT2D eigenvalue weighted by atomic mass is 9.87. The number of carbonyl (C=O) groups excluding carboxylic acids is 1. The van der Waals surface area contributed by atoms with Gasteiger partial charge in [0.05, 0.1) is 5.56 Å².